The van der Waals surface area contributed by atoms with Gasteiger partial charge in [-0.1, -0.05) is 36.4 Å². The monoisotopic (exact) mass is 404 g/mol. The highest BCUT2D eigenvalue weighted by atomic mass is 32.1. The van der Waals surface area contributed by atoms with Crippen molar-refractivity contribution >= 4 is 28.8 Å². The van der Waals surface area contributed by atoms with Crippen molar-refractivity contribution in [3.63, 3.8) is 0 Å². The first-order valence-electron chi connectivity index (χ1n) is 8.27. The Labute approximate surface area is 163 Å². The van der Waals surface area contributed by atoms with Crippen LogP contribution in [0.1, 0.15) is 15.2 Å². The molecule has 8 heteroatoms. The van der Waals surface area contributed by atoms with Gasteiger partial charge in [0.25, 0.3) is 5.91 Å². The molecule has 0 saturated heterocycles. The normalized spacial score (nSPS) is 11.7. The first-order valence-corrected chi connectivity index (χ1v) is 9.15. The highest BCUT2D eigenvalue weighted by Crippen LogP contribution is 2.19. The molecule has 0 aliphatic heterocycles. The fourth-order valence-corrected chi connectivity index (χ4v) is 3.16. The maximum atomic E-state index is 13.9. The molecule has 3 aromatic rings. The number of thiophene rings is 1. The van der Waals surface area contributed by atoms with Gasteiger partial charge in [-0.25, -0.2) is 13.2 Å². The van der Waals surface area contributed by atoms with Crippen LogP contribution >= 0.6 is 11.3 Å². The van der Waals surface area contributed by atoms with Crippen molar-refractivity contribution < 1.29 is 22.8 Å². The van der Waals surface area contributed by atoms with Crippen molar-refractivity contribution in [3.05, 3.63) is 87.9 Å². The summed E-state index contributed by atoms with van der Waals surface area (Å²) in [5.41, 5.74) is 0.257. The van der Waals surface area contributed by atoms with E-state index in [4.69, 9.17) is 0 Å². The smallest absolute Gasteiger partial charge is 0.262 e. The molecule has 0 radical (unpaired) electrons. The van der Waals surface area contributed by atoms with Crippen LogP contribution in [0.15, 0.2) is 60.0 Å². The van der Waals surface area contributed by atoms with Crippen molar-refractivity contribution in [1.29, 1.82) is 0 Å². The number of carbonyl (C=O) groups is 2. The minimum Gasteiger partial charge on any atom is -0.339 e. The molecule has 0 spiro atoms. The second-order valence-corrected chi connectivity index (χ2v) is 6.88. The fourth-order valence-electron chi connectivity index (χ4n) is 2.53. The second kappa shape index (κ2) is 8.71. The van der Waals surface area contributed by atoms with Crippen molar-refractivity contribution in [2.75, 3.05) is 5.32 Å². The molecule has 28 heavy (non-hydrogen) atoms. The molecule has 0 saturated carbocycles. The number of benzene rings is 2. The number of halogens is 3. The van der Waals surface area contributed by atoms with Crippen LogP contribution < -0.4 is 10.6 Å². The van der Waals surface area contributed by atoms with E-state index in [-0.39, 0.29) is 6.42 Å². The van der Waals surface area contributed by atoms with Crippen LogP contribution in [-0.2, 0) is 11.2 Å². The van der Waals surface area contributed by atoms with Gasteiger partial charge in [-0.2, -0.15) is 0 Å². The number of anilines is 1. The lowest BCUT2D eigenvalue weighted by atomic mass is 10.0. The summed E-state index contributed by atoms with van der Waals surface area (Å²) in [6.45, 7) is 0. The summed E-state index contributed by atoms with van der Waals surface area (Å²) in [4.78, 5) is 25.4. The lowest BCUT2D eigenvalue weighted by Crippen LogP contribution is -2.45. The Bertz CT molecular complexity index is 979. The molecule has 144 valence electrons. The summed E-state index contributed by atoms with van der Waals surface area (Å²) in [5, 5.41) is 6.54. The summed E-state index contributed by atoms with van der Waals surface area (Å²) < 4.78 is 40.3. The number of hydrogen-bond acceptors (Lipinski definition) is 3. The molecule has 1 heterocycles. The van der Waals surface area contributed by atoms with Crippen LogP contribution in [0.3, 0.4) is 0 Å². The molecule has 0 aliphatic carbocycles. The minimum atomic E-state index is -1.36. The lowest BCUT2D eigenvalue weighted by Gasteiger charge is -2.19. The van der Waals surface area contributed by atoms with Crippen LogP contribution in [0.4, 0.5) is 18.9 Å². The lowest BCUT2D eigenvalue weighted by molar-refractivity contribution is -0.118. The Morgan fingerprint density at radius 1 is 0.929 bits per heavy atom. The molecule has 2 amide bonds. The summed E-state index contributed by atoms with van der Waals surface area (Å²) in [6, 6.07) is 12.1. The topological polar surface area (TPSA) is 58.2 Å². The quantitative estimate of drug-likeness (QED) is 0.607. The molecule has 1 atom stereocenters. The van der Waals surface area contributed by atoms with Crippen LogP contribution in [0.5, 0.6) is 0 Å². The van der Waals surface area contributed by atoms with E-state index in [2.05, 4.69) is 10.6 Å². The standard InChI is InChI=1S/C20H15F3N2O2S/c21-13-10-15(23)16(11-14(13)22)24-19(26)17(9-12-5-2-1-3-6-12)25-20(27)18-7-4-8-28-18/h1-8,10-11,17H,9H2,(H,24,26)(H,25,27). The fraction of sp³-hybridized carbons (Fsp3) is 0.100. The molecule has 2 aromatic carbocycles. The molecule has 0 bridgehead atoms. The zero-order chi connectivity index (χ0) is 20.1. The van der Waals surface area contributed by atoms with Crippen molar-refractivity contribution in [3.8, 4) is 0 Å². The van der Waals surface area contributed by atoms with Gasteiger partial charge in [-0.3, -0.25) is 9.59 Å². The van der Waals surface area contributed by atoms with Gasteiger partial charge in [0, 0.05) is 18.6 Å². The van der Waals surface area contributed by atoms with E-state index in [0.717, 1.165) is 5.56 Å². The van der Waals surface area contributed by atoms with E-state index in [9.17, 15) is 22.8 Å². The summed E-state index contributed by atoms with van der Waals surface area (Å²) in [6.07, 6.45) is 0.134. The third-order valence-electron chi connectivity index (χ3n) is 3.92. The first kappa shape index (κ1) is 19.6. The van der Waals surface area contributed by atoms with E-state index in [1.165, 1.54) is 11.3 Å². The van der Waals surface area contributed by atoms with Gasteiger partial charge in [0.05, 0.1) is 10.6 Å². The van der Waals surface area contributed by atoms with E-state index in [1.54, 1.807) is 47.8 Å². The van der Waals surface area contributed by atoms with Gasteiger partial charge in [0.15, 0.2) is 11.6 Å². The van der Waals surface area contributed by atoms with Gasteiger partial charge < -0.3 is 10.6 Å². The van der Waals surface area contributed by atoms with E-state index >= 15 is 0 Å². The molecule has 4 nitrogen and oxygen atoms in total. The minimum absolute atomic E-state index is 0.134. The van der Waals surface area contributed by atoms with Crippen LogP contribution in [-0.4, -0.2) is 17.9 Å². The SMILES string of the molecule is O=C(NC(Cc1ccccc1)C(=O)Nc1cc(F)c(F)cc1F)c1cccs1. The number of rotatable bonds is 6. The van der Waals surface area contributed by atoms with Crippen LogP contribution in [0, 0.1) is 17.5 Å². The van der Waals surface area contributed by atoms with E-state index in [1.807, 2.05) is 0 Å². The second-order valence-electron chi connectivity index (χ2n) is 5.93. The third kappa shape index (κ3) is 4.77. The highest BCUT2D eigenvalue weighted by Gasteiger charge is 2.24. The van der Waals surface area contributed by atoms with E-state index < -0.39 is 41.0 Å². The maximum absolute atomic E-state index is 13.9. The van der Waals surface area contributed by atoms with Crippen LogP contribution in [0.2, 0.25) is 0 Å². The van der Waals surface area contributed by atoms with E-state index in [0.29, 0.717) is 17.0 Å². The Balaban J connectivity index is 1.81. The van der Waals surface area contributed by atoms with Crippen molar-refractivity contribution in [2.24, 2.45) is 0 Å². The molecule has 2 N–H and O–H groups in total. The molecule has 1 aromatic heterocycles. The predicted octanol–water partition coefficient (Wildman–Crippen LogP) is 4.15. The number of nitrogens with one attached hydrogen (secondary N) is 2. The highest BCUT2D eigenvalue weighted by molar-refractivity contribution is 7.12. The molecule has 1 unspecified atom stereocenters. The molecule has 0 fully saturated rings. The summed E-state index contributed by atoms with van der Waals surface area (Å²) in [5.74, 6) is -4.98. The maximum Gasteiger partial charge on any atom is 0.262 e. The van der Waals surface area contributed by atoms with Crippen molar-refractivity contribution in [1.82, 2.24) is 5.32 Å². The number of hydrogen-bond donors (Lipinski definition) is 2. The molecular weight excluding hydrogens is 389 g/mol. The largest absolute Gasteiger partial charge is 0.339 e. The van der Waals surface area contributed by atoms with Gasteiger partial charge in [0.2, 0.25) is 5.91 Å². The Morgan fingerprint density at radius 3 is 2.32 bits per heavy atom. The van der Waals surface area contributed by atoms with Gasteiger partial charge in [-0.15, -0.1) is 11.3 Å². The molecular formula is C20H15F3N2O2S. The first-order chi connectivity index (χ1) is 13.4. The zero-order valence-electron chi connectivity index (χ0n) is 14.4. The van der Waals surface area contributed by atoms with Crippen LogP contribution in [0.25, 0.3) is 0 Å². The van der Waals surface area contributed by atoms with Crippen molar-refractivity contribution in [2.45, 2.75) is 12.5 Å². The van der Waals surface area contributed by atoms with Gasteiger partial charge in [-0.05, 0) is 17.0 Å². The average Bonchev–Trinajstić information content (AvgIpc) is 3.21. The van der Waals surface area contributed by atoms with Gasteiger partial charge in [0.1, 0.15) is 11.9 Å². The predicted molar refractivity (Wildman–Crippen MR) is 101 cm³/mol. The Kier molecular flexibility index (Phi) is 6.10. The summed E-state index contributed by atoms with van der Waals surface area (Å²) in [7, 11) is 0. The van der Waals surface area contributed by atoms with Gasteiger partial charge >= 0.3 is 0 Å². The third-order valence-corrected chi connectivity index (χ3v) is 4.79. The number of amides is 2. The molecule has 3 rings (SSSR count). The zero-order valence-corrected chi connectivity index (χ0v) is 15.2. The Morgan fingerprint density at radius 2 is 1.64 bits per heavy atom. The molecule has 0 aliphatic rings. The summed E-state index contributed by atoms with van der Waals surface area (Å²) >= 11 is 1.21. The number of carbonyl (C=O) groups excluding carboxylic acids is 2. The Hall–Kier alpha value is -3.13. The average molecular weight is 404 g/mol.